The Labute approximate surface area is 150 Å². The monoisotopic (exact) mass is 353 g/mol. The Bertz CT molecular complexity index is 888. The summed E-state index contributed by atoms with van der Waals surface area (Å²) < 4.78 is 13.0. The van der Waals surface area contributed by atoms with E-state index >= 15 is 0 Å². The summed E-state index contributed by atoms with van der Waals surface area (Å²) >= 11 is 0. The van der Waals surface area contributed by atoms with Crippen molar-refractivity contribution >= 4 is 5.91 Å². The number of aromatic nitrogens is 4. The molecule has 1 amide bonds. The van der Waals surface area contributed by atoms with Gasteiger partial charge < -0.3 is 18.7 Å². The first-order valence-corrected chi connectivity index (χ1v) is 8.43. The van der Waals surface area contributed by atoms with Crippen LogP contribution in [-0.2, 0) is 4.74 Å². The van der Waals surface area contributed by atoms with Gasteiger partial charge in [0.1, 0.15) is 0 Å². The summed E-state index contributed by atoms with van der Waals surface area (Å²) in [5, 5.41) is 3.80. The van der Waals surface area contributed by atoms with Crippen molar-refractivity contribution in [3.05, 3.63) is 60.3 Å². The van der Waals surface area contributed by atoms with Gasteiger partial charge in [0.05, 0.1) is 19.0 Å². The minimum atomic E-state index is -0.408. The number of imidazole rings is 1. The molecule has 1 aliphatic heterocycles. The van der Waals surface area contributed by atoms with E-state index in [1.54, 1.807) is 24.3 Å². The predicted octanol–water partition coefficient (Wildman–Crippen LogP) is 2.17. The number of nitrogens with zero attached hydrogens (tertiary/aromatic N) is 5. The molecule has 1 aliphatic rings. The van der Waals surface area contributed by atoms with Crippen molar-refractivity contribution in [3.8, 4) is 5.69 Å². The van der Waals surface area contributed by atoms with Crippen LogP contribution in [0.3, 0.4) is 0 Å². The Morgan fingerprint density at radius 2 is 2.04 bits per heavy atom. The topological polar surface area (TPSA) is 86.3 Å². The molecule has 134 valence electrons. The Morgan fingerprint density at radius 1 is 1.23 bits per heavy atom. The second-order valence-electron chi connectivity index (χ2n) is 6.34. The number of carbonyl (C=O) groups excluding carboxylic acids is 1. The minimum absolute atomic E-state index is 0.0430. The number of aryl methyl sites for hydroxylation is 1. The van der Waals surface area contributed by atoms with Crippen LogP contribution in [0.2, 0.25) is 0 Å². The van der Waals surface area contributed by atoms with Gasteiger partial charge in [-0.15, -0.1) is 0 Å². The molecule has 2 aromatic heterocycles. The molecule has 0 bridgehead atoms. The van der Waals surface area contributed by atoms with Crippen molar-refractivity contribution in [3.63, 3.8) is 0 Å². The summed E-state index contributed by atoms with van der Waals surface area (Å²) in [6.07, 6.45) is 4.77. The van der Waals surface area contributed by atoms with Gasteiger partial charge in [-0.2, -0.15) is 4.98 Å². The number of benzene rings is 1. The van der Waals surface area contributed by atoms with E-state index in [2.05, 4.69) is 15.1 Å². The highest BCUT2D eigenvalue weighted by molar-refractivity contribution is 5.94. The second-order valence-corrected chi connectivity index (χ2v) is 6.34. The molecule has 8 nitrogen and oxygen atoms in total. The number of rotatable bonds is 3. The van der Waals surface area contributed by atoms with Gasteiger partial charge in [-0.05, 0) is 38.1 Å². The fraction of sp³-hybridized carbons (Fsp3) is 0.333. The molecule has 0 aliphatic carbocycles. The third-order valence-corrected chi connectivity index (χ3v) is 4.28. The van der Waals surface area contributed by atoms with Gasteiger partial charge >= 0.3 is 0 Å². The Kier molecular flexibility index (Phi) is 4.26. The molecule has 1 saturated heterocycles. The van der Waals surface area contributed by atoms with E-state index in [1.807, 2.05) is 42.0 Å². The van der Waals surface area contributed by atoms with Crippen molar-refractivity contribution in [2.75, 3.05) is 13.1 Å². The summed E-state index contributed by atoms with van der Waals surface area (Å²) in [4.78, 5) is 22.9. The molecule has 0 spiro atoms. The largest absolute Gasteiger partial charge is 0.362 e. The van der Waals surface area contributed by atoms with Crippen LogP contribution < -0.4 is 0 Å². The van der Waals surface area contributed by atoms with Gasteiger partial charge in [0, 0.05) is 30.2 Å². The van der Waals surface area contributed by atoms with Crippen molar-refractivity contribution < 1.29 is 14.1 Å². The molecule has 0 N–H and O–H groups in total. The zero-order valence-corrected chi connectivity index (χ0v) is 14.6. The van der Waals surface area contributed by atoms with Crippen molar-refractivity contribution in [1.29, 1.82) is 0 Å². The quantitative estimate of drug-likeness (QED) is 0.717. The molecular weight excluding hydrogens is 334 g/mol. The lowest BCUT2D eigenvalue weighted by Gasteiger charge is -2.35. The molecule has 1 aromatic carbocycles. The van der Waals surface area contributed by atoms with Gasteiger partial charge in [-0.25, -0.2) is 4.98 Å². The maximum absolute atomic E-state index is 12.9. The Balaban J connectivity index is 1.51. The van der Waals surface area contributed by atoms with Gasteiger partial charge in [0.2, 0.25) is 0 Å². The molecule has 0 radical (unpaired) electrons. The maximum Gasteiger partial charge on any atom is 0.257 e. The average molecular weight is 353 g/mol. The Morgan fingerprint density at radius 3 is 2.69 bits per heavy atom. The standard InChI is InChI=1S/C18H19N5O3/c1-12-9-23(10-16(25-12)17-20-13(2)21-26-17)18(24)14-3-5-15(6-4-14)22-8-7-19-11-22/h3-8,11-12,16H,9-10H2,1-2H3/t12-,16-/m1/s1. The molecule has 0 unspecified atom stereocenters. The van der Waals surface area contributed by atoms with Gasteiger partial charge in [-0.1, -0.05) is 5.16 Å². The fourth-order valence-corrected chi connectivity index (χ4v) is 3.07. The average Bonchev–Trinajstić information content (AvgIpc) is 3.32. The first-order chi connectivity index (χ1) is 12.6. The number of hydrogen-bond acceptors (Lipinski definition) is 6. The summed E-state index contributed by atoms with van der Waals surface area (Å²) in [5.74, 6) is 0.913. The summed E-state index contributed by atoms with van der Waals surface area (Å²) in [6.45, 7) is 4.58. The number of amides is 1. The van der Waals surface area contributed by atoms with Crippen molar-refractivity contribution in [2.24, 2.45) is 0 Å². The highest BCUT2D eigenvalue weighted by Crippen LogP contribution is 2.25. The third kappa shape index (κ3) is 3.23. The highest BCUT2D eigenvalue weighted by Gasteiger charge is 2.33. The molecule has 2 atom stereocenters. The van der Waals surface area contributed by atoms with Crippen molar-refractivity contribution in [1.82, 2.24) is 24.6 Å². The number of hydrogen-bond donors (Lipinski definition) is 0. The third-order valence-electron chi connectivity index (χ3n) is 4.28. The molecule has 0 saturated carbocycles. The van der Waals surface area contributed by atoms with Gasteiger partial charge in [0.15, 0.2) is 11.9 Å². The molecule has 3 aromatic rings. The molecular formula is C18H19N5O3. The minimum Gasteiger partial charge on any atom is -0.362 e. The molecule has 3 heterocycles. The lowest BCUT2D eigenvalue weighted by molar-refractivity contribution is -0.0810. The molecule has 4 rings (SSSR count). The number of carbonyl (C=O) groups is 1. The van der Waals surface area contributed by atoms with E-state index < -0.39 is 6.10 Å². The van der Waals surface area contributed by atoms with E-state index in [-0.39, 0.29) is 12.0 Å². The first kappa shape index (κ1) is 16.5. The van der Waals surface area contributed by atoms with Crippen LogP contribution in [0.15, 0.2) is 47.5 Å². The lowest BCUT2D eigenvalue weighted by atomic mass is 10.1. The van der Waals surface area contributed by atoms with E-state index in [4.69, 9.17) is 9.26 Å². The first-order valence-electron chi connectivity index (χ1n) is 8.43. The van der Waals surface area contributed by atoms with Crippen LogP contribution in [0.5, 0.6) is 0 Å². The van der Waals surface area contributed by atoms with Gasteiger partial charge in [0.25, 0.3) is 11.8 Å². The van der Waals surface area contributed by atoms with Crippen LogP contribution in [0.1, 0.15) is 35.1 Å². The van der Waals surface area contributed by atoms with E-state index in [0.717, 1.165) is 5.69 Å². The van der Waals surface area contributed by atoms with Crippen LogP contribution in [0.4, 0.5) is 0 Å². The predicted molar refractivity (Wildman–Crippen MR) is 91.8 cm³/mol. The Hall–Kier alpha value is -3.00. The zero-order valence-electron chi connectivity index (χ0n) is 14.6. The molecule has 1 fully saturated rings. The van der Waals surface area contributed by atoms with Crippen LogP contribution in [-0.4, -0.2) is 49.7 Å². The number of ether oxygens (including phenoxy) is 1. The lowest BCUT2D eigenvalue weighted by Crippen LogP contribution is -2.46. The zero-order chi connectivity index (χ0) is 18.1. The molecule has 26 heavy (non-hydrogen) atoms. The highest BCUT2D eigenvalue weighted by atomic mass is 16.5. The van der Waals surface area contributed by atoms with Crippen LogP contribution >= 0.6 is 0 Å². The second kappa shape index (κ2) is 6.72. The maximum atomic E-state index is 12.9. The summed E-state index contributed by atoms with van der Waals surface area (Å²) in [7, 11) is 0. The fourth-order valence-electron chi connectivity index (χ4n) is 3.07. The summed E-state index contributed by atoms with van der Waals surface area (Å²) in [5.41, 5.74) is 1.58. The summed E-state index contributed by atoms with van der Waals surface area (Å²) in [6, 6.07) is 7.45. The normalized spacial score (nSPS) is 20.3. The van der Waals surface area contributed by atoms with E-state index in [1.165, 1.54) is 0 Å². The molecule has 8 heteroatoms. The van der Waals surface area contributed by atoms with Crippen LogP contribution in [0.25, 0.3) is 5.69 Å². The van der Waals surface area contributed by atoms with Crippen molar-refractivity contribution in [2.45, 2.75) is 26.1 Å². The van der Waals surface area contributed by atoms with E-state index in [9.17, 15) is 4.79 Å². The van der Waals surface area contributed by atoms with Crippen LogP contribution in [0, 0.1) is 6.92 Å². The SMILES string of the molecule is Cc1noc([C@H]2CN(C(=O)c3ccc(-n4ccnc4)cc3)C[C@@H](C)O2)n1. The van der Waals surface area contributed by atoms with Gasteiger partial charge in [-0.3, -0.25) is 4.79 Å². The van der Waals surface area contributed by atoms with E-state index in [0.29, 0.717) is 30.4 Å². The smallest absolute Gasteiger partial charge is 0.257 e. The number of morpholine rings is 1.